The lowest BCUT2D eigenvalue weighted by Crippen LogP contribution is -2.00. The van der Waals surface area contributed by atoms with Crippen LogP contribution in [0.25, 0.3) is 22.3 Å². The lowest BCUT2D eigenvalue weighted by Gasteiger charge is -1.99. The zero-order chi connectivity index (χ0) is 11.8. The van der Waals surface area contributed by atoms with Gasteiger partial charge in [0.1, 0.15) is 5.82 Å². The molecule has 2 N–H and O–H groups in total. The molecule has 2 heterocycles. The number of nitrogens with zero attached hydrogens (tertiary/aromatic N) is 2. The zero-order valence-electron chi connectivity index (χ0n) is 8.57. The van der Waals surface area contributed by atoms with E-state index in [0.717, 1.165) is 5.39 Å². The lowest BCUT2D eigenvalue weighted by atomic mass is 10.1. The van der Waals surface area contributed by atoms with Crippen molar-refractivity contribution in [1.82, 2.24) is 20.2 Å². The van der Waals surface area contributed by atoms with Gasteiger partial charge in [-0.15, -0.1) is 0 Å². The van der Waals surface area contributed by atoms with Crippen molar-refractivity contribution in [3.63, 3.8) is 0 Å². The summed E-state index contributed by atoms with van der Waals surface area (Å²) in [6, 6.07) is 6.13. The zero-order valence-corrected chi connectivity index (χ0v) is 8.57. The van der Waals surface area contributed by atoms with Crippen LogP contribution in [0.4, 0.5) is 4.39 Å². The highest BCUT2D eigenvalue weighted by atomic mass is 19.1. The van der Waals surface area contributed by atoms with E-state index < -0.39 is 0 Å². The number of pyridine rings is 1. The van der Waals surface area contributed by atoms with Crippen molar-refractivity contribution in [2.75, 3.05) is 0 Å². The van der Waals surface area contributed by atoms with Crippen molar-refractivity contribution >= 4 is 10.9 Å². The van der Waals surface area contributed by atoms with Crippen LogP contribution in [0.1, 0.15) is 0 Å². The highest BCUT2D eigenvalue weighted by molar-refractivity contribution is 5.82. The Bertz CT molecular complexity index is 746. The molecule has 0 aliphatic carbocycles. The molecule has 0 saturated heterocycles. The Balaban J connectivity index is 2.20. The summed E-state index contributed by atoms with van der Waals surface area (Å²) < 4.78 is 13.0. The summed E-state index contributed by atoms with van der Waals surface area (Å²) >= 11 is 0. The highest BCUT2D eigenvalue weighted by Gasteiger charge is 2.04. The summed E-state index contributed by atoms with van der Waals surface area (Å²) in [7, 11) is 0. The minimum atomic E-state index is -0.376. The maximum Gasteiger partial charge on any atom is 0.340 e. The second kappa shape index (κ2) is 3.51. The standard InChI is InChI=1S/C11H7FN4O/c12-8-2-1-6-3-7(5-13-9(6)4-8)10-14-11(17)16-15-10/h1-5H,(H2,14,15,16,17). The van der Waals surface area contributed by atoms with Gasteiger partial charge in [-0.1, -0.05) is 0 Å². The van der Waals surface area contributed by atoms with Crippen molar-refractivity contribution in [2.45, 2.75) is 0 Å². The maximum absolute atomic E-state index is 13.0. The number of benzene rings is 1. The van der Waals surface area contributed by atoms with Gasteiger partial charge in [0.15, 0.2) is 5.82 Å². The fourth-order valence-corrected chi connectivity index (χ4v) is 1.63. The number of hydrogen-bond acceptors (Lipinski definition) is 3. The minimum absolute atomic E-state index is 0.328. The Morgan fingerprint density at radius 3 is 2.88 bits per heavy atom. The Kier molecular flexibility index (Phi) is 2.01. The number of nitrogens with one attached hydrogen (secondary N) is 2. The molecule has 0 atom stereocenters. The minimum Gasteiger partial charge on any atom is -0.289 e. The molecule has 1 aromatic carbocycles. The van der Waals surface area contributed by atoms with E-state index >= 15 is 0 Å². The smallest absolute Gasteiger partial charge is 0.289 e. The first-order valence-corrected chi connectivity index (χ1v) is 4.93. The Morgan fingerprint density at radius 2 is 2.12 bits per heavy atom. The topological polar surface area (TPSA) is 74.4 Å². The summed E-state index contributed by atoms with van der Waals surface area (Å²) in [5.74, 6) is 0.0830. The van der Waals surface area contributed by atoms with Gasteiger partial charge < -0.3 is 0 Å². The van der Waals surface area contributed by atoms with Crippen molar-refractivity contribution in [3.05, 3.63) is 46.8 Å². The SMILES string of the molecule is O=c1[nH]nc(-c2cnc3cc(F)ccc3c2)[nH]1. The summed E-state index contributed by atoms with van der Waals surface area (Å²) in [6.45, 7) is 0. The van der Waals surface area contributed by atoms with Crippen molar-refractivity contribution in [2.24, 2.45) is 0 Å². The van der Waals surface area contributed by atoms with E-state index in [1.807, 2.05) is 0 Å². The van der Waals surface area contributed by atoms with Crippen molar-refractivity contribution < 1.29 is 4.39 Å². The number of aromatic amines is 2. The molecular weight excluding hydrogens is 223 g/mol. The van der Waals surface area contributed by atoms with E-state index in [4.69, 9.17) is 0 Å². The molecule has 6 heteroatoms. The van der Waals surface area contributed by atoms with Gasteiger partial charge in [0.05, 0.1) is 5.52 Å². The predicted octanol–water partition coefficient (Wildman–Crippen LogP) is 1.45. The van der Waals surface area contributed by atoms with Gasteiger partial charge in [-0.2, -0.15) is 5.10 Å². The molecule has 2 aromatic heterocycles. The Labute approximate surface area is 94.3 Å². The van der Waals surface area contributed by atoms with Gasteiger partial charge in [-0.3, -0.25) is 9.97 Å². The van der Waals surface area contributed by atoms with Crippen LogP contribution in [0.2, 0.25) is 0 Å². The first-order valence-electron chi connectivity index (χ1n) is 4.93. The number of H-pyrrole nitrogens is 2. The van der Waals surface area contributed by atoms with E-state index in [9.17, 15) is 9.18 Å². The van der Waals surface area contributed by atoms with Gasteiger partial charge in [0, 0.05) is 23.2 Å². The summed E-state index contributed by atoms with van der Waals surface area (Å²) in [4.78, 5) is 17.6. The average molecular weight is 230 g/mol. The van der Waals surface area contributed by atoms with Crippen LogP contribution in [0.15, 0.2) is 35.3 Å². The van der Waals surface area contributed by atoms with Gasteiger partial charge in [-0.25, -0.2) is 14.3 Å². The molecule has 0 bridgehead atoms. The third kappa shape index (κ3) is 1.69. The summed E-state index contributed by atoms with van der Waals surface area (Å²) in [5.41, 5.74) is 0.855. The molecule has 0 aliphatic rings. The van der Waals surface area contributed by atoms with Crippen LogP contribution < -0.4 is 5.69 Å². The average Bonchev–Trinajstić information content (AvgIpc) is 2.75. The largest absolute Gasteiger partial charge is 0.340 e. The lowest BCUT2D eigenvalue weighted by molar-refractivity contribution is 0.629. The second-order valence-corrected chi connectivity index (χ2v) is 3.59. The maximum atomic E-state index is 13.0. The summed E-state index contributed by atoms with van der Waals surface area (Å²) in [6.07, 6.45) is 1.54. The van der Waals surface area contributed by atoms with Crippen LogP contribution in [0.5, 0.6) is 0 Å². The Morgan fingerprint density at radius 1 is 1.24 bits per heavy atom. The monoisotopic (exact) mass is 230 g/mol. The number of hydrogen-bond donors (Lipinski definition) is 2. The van der Waals surface area contributed by atoms with Crippen LogP contribution >= 0.6 is 0 Å². The molecular formula is C11H7FN4O. The molecule has 0 aliphatic heterocycles. The van der Waals surface area contributed by atoms with Gasteiger partial charge >= 0.3 is 5.69 Å². The van der Waals surface area contributed by atoms with Gasteiger partial charge in [0.2, 0.25) is 0 Å². The van der Waals surface area contributed by atoms with E-state index in [1.165, 1.54) is 18.3 Å². The number of rotatable bonds is 1. The molecule has 84 valence electrons. The molecule has 0 saturated carbocycles. The van der Waals surface area contributed by atoms with Crippen LogP contribution in [-0.2, 0) is 0 Å². The van der Waals surface area contributed by atoms with E-state index in [0.29, 0.717) is 16.9 Å². The Hall–Kier alpha value is -2.50. The van der Waals surface area contributed by atoms with Crippen molar-refractivity contribution in [1.29, 1.82) is 0 Å². The third-order valence-electron chi connectivity index (χ3n) is 2.42. The van der Waals surface area contributed by atoms with E-state index in [1.54, 1.807) is 12.1 Å². The normalized spacial score (nSPS) is 10.9. The predicted molar refractivity (Wildman–Crippen MR) is 59.9 cm³/mol. The van der Waals surface area contributed by atoms with Gasteiger partial charge in [0.25, 0.3) is 0 Å². The van der Waals surface area contributed by atoms with E-state index in [-0.39, 0.29) is 11.5 Å². The molecule has 0 fully saturated rings. The number of halogens is 1. The molecule has 0 spiro atoms. The first-order chi connectivity index (χ1) is 8.22. The fourth-order valence-electron chi connectivity index (χ4n) is 1.63. The molecule has 0 radical (unpaired) electrons. The highest BCUT2D eigenvalue weighted by Crippen LogP contribution is 2.19. The van der Waals surface area contributed by atoms with Crippen LogP contribution in [0, 0.1) is 5.82 Å². The molecule has 3 aromatic rings. The molecule has 0 amide bonds. The summed E-state index contributed by atoms with van der Waals surface area (Å²) in [5, 5.41) is 6.86. The van der Waals surface area contributed by atoms with Crippen molar-refractivity contribution in [3.8, 4) is 11.4 Å². The second-order valence-electron chi connectivity index (χ2n) is 3.59. The number of fused-ring (bicyclic) bond motifs is 1. The molecule has 3 rings (SSSR count). The molecule has 17 heavy (non-hydrogen) atoms. The van der Waals surface area contributed by atoms with Crippen LogP contribution in [0.3, 0.4) is 0 Å². The van der Waals surface area contributed by atoms with Crippen LogP contribution in [-0.4, -0.2) is 20.2 Å². The fraction of sp³-hybridized carbons (Fsp3) is 0. The van der Waals surface area contributed by atoms with Gasteiger partial charge in [-0.05, 0) is 18.2 Å². The molecule has 5 nitrogen and oxygen atoms in total. The van der Waals surface area contributed by atoms with E-state index in [2.05, 4.69) is 20.2 Å². The quantitative estimate of drug-likeness (QED) is 0.664. The third-order valence-corrected chi connectivity index (χ3v) is 2.42. The number of aromatic nitrogens is 4. The molecule has 0 unspecified atom stereocenters. The first kappa shape index (κ1) is 9.71.